The molecular formula is C24H21FN2O. The fourth-order valence-corrected chi connectivity index (χ4v) is 4.66. The molecule has 1 heterocycles. The number of rotatable bonds is 2. The molecule has 0 N–H and O–H groups in total. The zero-order valence-electron chi connectivity index (χ0n) is 15.5. The molecule has 1 fully saturated rings. The third-order valence-electron chi connectivity index (χ3n) is 5.98. The molecule has 2 aromatic carbocycles. The number of nitrogens with zero attached hydrogens (tertiary/aromatic N) is 2. The second-order valence-corrected chi connectivity index (χ2v) is 7.68. The average molecular weight is 372 g/mol. The van der Waals surface area contributed by atoms with E-state index in [0.717, 1.165) is 29.8 Å². The number of hydrogen-bond donors (Lipinski definition) is 0. The first kappa shape index (κ1) is 17.1. The Labute approximate surface area is 163 Å². The lowest BCUT2D eigenvalue weighted by molar-refractivity contribution is -0.123. The van der Waals surface area contributed by atoms with Gasteiger partial charge in [0, 0.05) is 18.3 Å². The lowest BCUT2D eigenvalue weighted by Gasteiger charge is -2.25. The van der Waals surface area contributed by atoms with Gasteiger partial charge in [0.2, 0.25) is 0 Å². The summed E-state index contributed by atoms with van der Waals surface area (Å²) in [5, 5.41) is 4.56. The second-order valence-electron chi connectivity index (χ2n) is 7.68. The van der Waals surface area contributed by atoms with Crippen LogP contribution in [0.15, 0.2) is 66.4 Å². The highest BCUT2D eigenvalue weighted by molar-refractivity contribution is 5.85. The molecule has 2 atom stereocenters. The second kappa shape index (κ2) is 6.86. The van der Waals surface area contributed by atoms with Crippen molar-refractivity contribution in [2.24, 2.45) is 5.92 Å². The maximum Gasteiger partial charge on any atom is 0.137 e. The van der Waals surface area contributed by atoms with Gasteiger partial charge in [-0.25, -0.2) is 9.07 Å². The van der Waals surface area contributed by atoms with Crippen LogP contribution in [0.25, 0.3) is 11.8 Å². The normalized spacial score (nSPS) is 21.5. The number of hydrogen-bond acceptors (Lipinski definition) is 2. The van der Waals surface area contributed by atoms with E-state index in [4.69, 9.17) is 0 Å². The molecule has 0 aliphatic heterocycles. The SMILES string of the molecule is O=C1CCCC2=Cc3c(cnn3-c3ccc(F)cc3)C[C@@H]1C2c1ccccc1. The van der Waals surface area contributed by atoms with Crippen LogP contribution in [-0.4, -0.2) is 15.6 Å². The Morgan fingerprint density at radius 3 is 2.57 bits per heavy atom. The lowest BCUT2D eigenvalue weighted by atomic mass is 9.77. The topological polar surface area (TPSA) is 34.9 Å². The summed E-state index contributed by atoms with van der Waals surface area (Å²) in [6, 6.07) is 16.8. The van der Waals surface area contributed by atoms with Crippen molar-refractivity contribution < 1.29 is 9.18 Å². The molecule has 0 radical (unpaired) electrons. The minimum atomic E-state index is -0.262. The maximum absolute atomic E-state index is 13.4. The van der Waals surface area contributed by atoms with E-state index in [1.165, 1.54) is 23.3 Å². The molecule has 140 valence electrons. The van der Waals surface area contributed by atoms with E-state index in [1.54, 1.807) is 12.1 Å². The standard InChI is InChI=1S/C24H21FN2O/c25-19-9-11-20(12-10-19)27-22-14-17-7-4-8-23(28)21(13-18(22)15-26-27)24(17)16-5-2-1-3-6-16/h1-3,5-6,9-12,14-15,21,24H,4,7-8,13H2/t21-,24?/m0/s1. The molecule has 2 aliphatic carbocycles. The van der Waals surface area contributed by atoms with Gasteiger partial charge >= 0.3 is 0 Å². The highest BCUT2D eigenvalue weighted by Crippen LogP contribution is 2.44. The van der Waals surface area contributed by atoms with Crippen LogP contribution in [0.1, 0.15) is 42.0 Å². The zero-order valence-corrected chi connectivity index (χ0v) is 15.5. The molecule has 3 nitrogen and oxygen atoms in total. The summed E-state index contributed by atoms with van der Waals surface area (Å²) in [6.45, 7) is 0. The number of Topliss-reactive ketones (excluding diaryl/α,β-unsaturated/α-hetero) is 1. The summed E-state index contributed by atoms with van der Waals surface area (Å²) >= 11 is 0. The predicted molar refractivity (Wildman–Crippen MR) is 107 cm³/mol. The molecule has 28 heavy (non-hydrogen) atoms. The molecule has 4 heteroatoms. The molecule has 2 bridgehead atoms. The molecule has 3 aromatic rings. The number of fused-ring (bicyclic) bond motifs is 3. The molecule has 1 aromatic heterocycles. The predicted octanol–water partition coefficient (Wildman–Crippen LogP) is 5.10. The molecule has 0 spiro atoms. The first-order valence-corrected chi connectivity index (χ1v) is 9.81. The van der Waals surface area contributed by atoms with Crippen molar-refractivity contribution in [3.63, 3.8) is 0 Å². The van der Waals surface area contributed by atoms with Gasteiger partial charge in [-0.05, 0) is 60.7 Å². The molecule has 5 rings (SSSR count). The Balaban J connectivity index is 1.67. The van der Waals surface area contributed by atoms with Gasteiger partial charge < -0.3 is 0 Å². The molecule has 0 amide bonds. The third kappa shape index (κ3) is 2.89. The van der Waals surface area contributed by atoms with Crippen molar-refractivity contribution in [2.45, 2.75) is 31.6 Å². The highest BCUT2D eigenvalue weighted by Gasteiger charge is 2.37. The average Bonchev–Trinajstić information content (AvgIpc) is 2.94. The number of ketones is 1. The number of halogens is 1. The summed E-state index contributed by atoms with van der Waals surface area (Å²) in [7, 11) is 0. The van der Waals surface area contributed by atoms with Crippen molar-refractivity contribution in [3.8, 4) is 5.69 Å². The van der Waals surface area contributed by atoms with E-state index in [-0.39, 0.29) is 17.7 Å². The fourth-order valence-electron chi connectivity index (χ4n) is 4.66. The Morgan fingerprint density at radius 2 is 1.79 bits per heavy atom. The van der Waals surface area contributed by atoms with Crippen LogP contribution in [0.5, 0.6) is 0 Å². The quantitative estimate of drug-likeness (QED) is 0.627. The van der Waals surface area contributed by atoms with Crippen molar-refractivity contribution in [1.82, 2.24) is 9.78 Å². The van der Waals surface area contributed by atoms with Crippen molar-refractivity contribution in [2.75, 3.05) is 0 Å². The zero-order chi connectivity index (χ0) is 19.1. The number of carbonyl (C=O) groups excluding carboxylic acids is 1. The van der Waals surface area contributed by atoms with Gasteiger partial charge in [0.15, 0.2) is 0 Å². The fraction of sp³-hybridized carbons (Fsp3) is 0.250. The summed E-state index contributed by atoms with van der Waals surface area (Å²) in [6.07, 6.45) is 7.23. The first-order chi connectivity index (χ1) is 13.7. The van der Waals surface area contributed by atoms with Crippen LogP contribution in [0.4, 0.5) is 4.39 Å². The van der Waals surface area contributed by atoms with Crippen LogP contribution < -0.4 is 0 Å². The van der Waals surface area contributed by atoms with Crippen LogP contribution in [0.3, 0.4) is 0 Å². The number of aromatic nitrogens is 2. The summed E-state index contributed by atoms with van der Waals surface area (Å²) in [4.78, 5) is 13.0. The van der Waals surface area contributed by atoms with E-state index in [1.807, 2.05) is 29.1 Å². The summed E-state index contributed by atoms with van der Waals surface area (Å²) < 4.78 is 15.2. The van der Waals surface area contributed by atoms with Gasteiger partial charge in [-0.3, -0.25) is 4.79 Å². The van der Waals surface area contributed by atoms with E-state index in [0.29, 0.717) is 18.6 Å². The molecule has 2 aliphatic rings. The van der Waals surface area contributed by atoms with Crippen molar-refractivity contribution >= 4 is 11.9 Å². The first-order valence-electron chi connectivity index (χ1n) is 9.81. The number of carbonyl (C=O) groups is 1. The number of allylic oxidation sites excluding steroid dienone is 1. The maximum atomic E-state index is 13.4. The van der Waals surface area contributed by atoms with Crippen molar-refractivity contribution in [1.29, 1.82) is 0 Å². The van der Waals surface area contributed by atoms with E-state index >= 15 is 0 Å². The Hall–Kier alpha value is -3.01. The minimum Gasteiger partial charge on any atom is -0.299 e. The smallest absolute Gasteiger partial charge is 0.137 e. The van der Waals surface area contributed by atoms with Crippen LogP contribution in [0.2, 0.25) is 0 Å². The third-order valence-corrected chi connectivity index (χ3v) is 5.98. The van der Waals surface area contributed by atoms with E-state index in [9.17, 15) is 9.18 Å². The highest BCUT2D eigenvalue weighted by atomic mass is 19.1. The van der Waals surface area contributed by atoms with Crippen molar-refractivity contribution in [3.05, 3.63) is 89.0 Å². The molecule has 0 saturated heterocycles. The van der Waals surface area contributed by atoms with Crippen LogP contribution in [0, 0.1) is 11.7 Å². The van der Waals surface area contributed by atoms with Gasteiger partial charge in [-0.2, -0.15) is 5.10 Å². The van der Waals surface area contributed by atoms with Gasteiger partial charge in [0.1, 0.15) is 11.6 Å². The Morgan fingerprint density at radius 1 is 1.00 bits per heavy atom. The Kier molecular flexibility index (Phi) is 4.19. The minimum absolute atomic E-state index is 0.0525. The van der Waals surface area contributed by atoms with Gasteiger partial charge in [0.25, 0.3) is 0 Å². The number of benzene rings is 2. The monoisotopic (exact) mass is 372 g/mol. The molecule has 1 saturated carbocycles. The van der Waals surface area contributed by atoms with Gasteiger partial charge in [0.05, 0.1) is 17.6 Å². The molecular weight excluding hydrogens is 351 g/mol. The lowest BCUT2D eigenvalue weighted by Crippen LogP contribution is -2.23. The summed E-state index contributed by atoms with van der Waals surface area (Å²) in [5.74, 6) is 0.149. The van der Waals surface area contributed by atoms with Crippen LogP contribution in [-0.2, 0) is 11.2 Å². The Bertz CT molecular complexity index is 1050. The van der Waals surface area contributed by atoms with Crippen LogP contribution >= 0.6 is 0 Å². The van der Waals surface area contributed by atoms with Gasteiger partial charge in [-0.15, -0.1) is 0 Å². The van der Waals surface area contributed by atoms with E-state index < -0.39 is 0 Å². The largest absolute Gasteiger partial charge is 0.299 e. The van der Waals surface area contributed by atoms with E-state index in [2.05, 4.69) is 23.3 Å². The summed E-state index contributed by atoms with van der Waals surface area (Å²) in [5.41, 5.74) is 5.43. The molecule has 1 unspecified atom stereocenters. The van der Waals surface area contributed by atoms with Gasteiger partial charge in [-0.1, -0.05) is 35.9 Å².